The Balaban J connectivity index is 2.48. The third-order valence-corrected chi connectivity index (χ3v) is 4.78. The minimum Gasteiger partial charge on any atom is -0.315 e. The van der Waals surface area contributed by atoms with Gasteiger partial charge in [0.25, 0.3) is 0 Å². The van der Waals surface area contributed by atoms with Gasteiger partial charge in [-0.2, -0.15) is 0 Å². The van der Waals surface area contributed by atoms with Gasteiger partial charge in [0, 0.05) is 19.6 Å². The summed E-state index contributed by atoms with van der Waals surface area (Å²) in [6.07, 6.45) is 0.712. The van der Waals surface area contributed by atoms with Crippen molar-refractivity contribution in [2.24, 2.45) is 5.41 Å². The second kappa shape index (κ2) is 5.65. The molecule has 0 saturated carbocycles. The van der Waals surface area contributed by atoms with Gasteiger partial charge < -0.3 is 10.2 Å². The van der Waals surface area contributed by atoms with Crippen molar-refractivity contribution in [2.45, 2.75) is 25.5 Å². The van der Waals surface area contributed by atoms with E-state index in [2.05, 4.69) is 28.8 Å². The van der Waals surface area contributed by atoms with Gasteiger partial charge in [0.15, 0.2) is 0 Å². The van der Waals surface area contributed by atoms with Crippen LogP contribution in [0.25, 0.3) is 0 Å². The minimum absolute atomic E-state index is 0.0530. The topological polar surface area (TPSA) is 61.4 Å². The fourth-order valence-electron chi connectivity index (χ4n) is 2.22. The van der Waals surface area contributed by atoms with Crippen LogP contribution in [0.1, 0.15) is 20.3 Å². The van der Waals surface area contributed by atoms with E-state index in [1.165, 1.54) is 0 Å². The predicted molar refractivity (Wildman–Crippen MR) is 70.5 cm³/mol. The van der Waals surface area contributed by atoms with E-state index >= 15 is 0 Å². The Morgan fingerprint density at radius 3 is 2.53 bits per heavy atom. The van der Waals surface area contributed by atoms with Crippen LogP contribution in [0.5, 0.6) is 0 Å². The summed E-state index contributed by atoms with van der Waals surface area (Å²) >= 11 is 0. The molecule has 2 N–H and O–H groups in total. The molecule has 0 bridgehead atoms. The SMILES string of the molecule is CN(C)CC(C)(C)CNS(=O)(=O)C1CCNC1. The molecular weight excluding hydrogens is 238 g/mol. The molecule has 1 heterocycles. The molecule has 1 saturated heterocycles. The lowest BCUT2D eigenvalue weighted by atomic mass is 9.93. The van der Waals surface area contributed by atoms with Crippen molar-refractivity contribution in [2.75, 3.05) is 40.3 Å². The van der Waals surface area contributed by atoms with E-state index < -0.39 is 10.0 Å². The highest BCUT2D eigenvalue weighted by Crippen LogP contribution is 2.16. The lowest BCUT2D eigenvalue weighted by Gasteiger charge is -2.28. The fraction of sp³-hybridized carbons (Fsp3) is 1.00. The highest BCUT2D eigenvalue weighted by atomic mass is 32.2. The molecule has 17 heavy (non-hydrogen) atoms. The van der Waals surface area contributed by atoms with Gasteiger partial charge in [-0.3, -0.25) is 0 Å². The molecule has 6 heteroatoms. The third-order valence-electron chi connectivity index (χ3n) is 2.95. The monoisotopic (exact) mass is 263 g/mol. The Kier molecular flexibility index (Phi) is 4.95. The largest absolute Gasteiger partial charge is 0.315 e. The van der Waals surface area contributed by atoms with Crippen molar-refractivity contribution in [3.05, 3.63) is 0 Å². The number of hydrogen-bond acceptors (Lipinski definition) is 4. The van der Waals surface area contributed by atoms with Gasteiger partial charge in [-0.1, -0.05) is 13.8 Å². The summed E-state index contributed by atoms with van der Waals surface area (Å²) in [5.74, 6) is 0. The Hall–Kier alpha value is -0.170. The number of hydrogen-bond donors (Lipinski definition) is 2. The van der Waals surface area contributed by atoms with Crippen molar-refractivity contribution in [1.82, 2.24) is 14.9 Å². The summed E-state index contributed by atoms with van der Waals surface area (Å²) in [4.78, 5) is 2.07. The number of sulfonamides is 1. The summed E-state index contributed by atoms with van der Waals surface area (Å²) < 4.78 is 26.8. The van der Waals surface area contributed by atoms with Gasteiger partial charge in [0.1, 0.15) is 0 Å². The normalized spacial score (nSPS) is 22.3. The van der Waals surface area contributed by atoms with Gasteiger partial charge in [-0.25, -0.2) is 13.1 Å². The molecule has 1 fully saturated rings. The molecule has 5 nitrogen and oxygen atoms in total. The van der Waals surface area contributed by atoms with Gasteiger partial charge in [-0.15, -0.1) is 0 Å². The van der Waals surface area contributed by atoms with Gasteiger partial charge in [0.05, 0.1) is 5.25 Å². The third kappa shape index (κ3) is 4.91. The van der Waals surface area contributed by atoms with E-state index in [0.717, 1.165) is 13.1 Å². The highest BCUT2D eigenvalue weighted by Gasteiger charge is 2.30. The highest BCUT2D eigenvalue weighted by molar-refractivity contribution is 7.90. The van der Waals surface area contributed by atoms with Gasteiger partial charge in [0.2, 0.25) is 10.0 Å². The summed E-state index contributed by atoms with van der Waals surface area (Å²) in [6, 6.07) is 0. The summed E-state index contributed by atoms with van der Waals surface area (Å²) in [5, 5.41) is 2.81. The van der Waals surface area contributed by atoms with Gasteiger partial charge >= 0.3 is 0 Å². The zero-order valence-corrected chi connectivity index (χ0v) is 12.1. The standard InChI is InChI=1S/C11H25N3O2S/c1-11(2,9-14(3)4)8-13-17(15,16)10-5-6-12-7-10/h10,12-13H,5-9H2,1-4H3. The van der Waals surface area contributed by atoms with Crippen LogP contribution in [0.2, 0.25) is 0 Å². The molecule has 1 atom stereocenters. The van der Waals surface area contributed by atoms with Crippen LogP contribution in [0, 0.1) is 5.41 Å². The number of rotatable bonds is 6. The number of nitrogens with zero attached hydrogens (tertiary/aromatic N) is 1. The van der Waals surface area contributed by atoms with Crippen LogP contribution in [0.3, 0.4) is 0 Å². The van der Waals surface area contributed by atoms with E-state index in [0.29, 0.717) is 19.5 Å². The van der Waals surface area contributed by atoms with Crippen molar-refractivity contribution < 1.29 is 8.42 Å². The maximum absolute atomic E-state index is 12.0. The molecule has 0 spiro atoms. The maximum Gasteiger partial charge on any atom is 0.215 e. The van der Waals surface area contributed by atoms with Crippen molar-refractivity contribution in [3.63, 3.8) is 0 Å². The van der Waals surface area contributed by atoms with Crippen molar-refractivity contribution in [1.29, 1.82) is 0 Å². The van der Waals surface area contributed by atoms with Crippen molar-refractivity contribution >= 4 is 10.0 Å². The van der Waals surface area contributed by atoms with Crippen LogP contribution in [-0.2, 0) is 10.0 Å². The van der Waals surface area contributed by atoms with Gasteiger partial charge in [-0.05, 0) is 32.5 Å². The molecule has 0 aromatic heterocycles. The first-order valence-corrected chi connectivity index (χ1v) is 7.61. The van der Waals surface area contributed by atoms with E-state index in [1.54, 1.807) is 0 Å². The lowest BCUT2D eigenvalue weighted by Crippen LogP contribution is -2.43. The first-order valence-electron chi connectivity index (χ1n) is 6.07. The molecule has 0 aliphatic carbocycles. The Morgan fingerprint density at radius 2 is 2.06 bits per heavy atom. The Labute approximate surface area is 105 Å². The zero-order valence-electron chi connectivity index (χ0n) is 11.3. The average molecular weight is 263 g/mol. The number of nitrogens with one attached hydrogen (secondary N) is 2. The Bertz CT molecular complexity index is 333. The van der Waals surface area contributed by atoms with Crippen LogP contribution in [0.4, 0.5) is 0 Å². The summed E-state index contributed by atoms with van der Waals surface area (Å²) in [6.45, 7) is 6.86. The first-order chi connectivity index (χ1) is 7.73. The van der Waals surface area contributed by atoms with Crippen LogP contribution in [-0.4, -0.2) is 58.8 Å². The summed E-state index contributed by atoms with van der Waals surface area (Å²) in [5.41, 5.74) is -0.0530. The maximum atomic E-state index is 12.0. The van der Waals surface area contributed by atoms with Crippen molar-refractivity contribution in [3.8, 4) is 0 Å². The lowest BCUT2D eigenvalue weighted by molar-refractivity contribution is 0.242. The molecule has 1 rings (SSSR count). The minimum atomic E-state index is -3.16. The van der Waals surface area contributed by atoms with Crippen LogP contribution >= 0.6 is 0 Å². The summed E-state index contributed by atoms with van der Waals surface area (Å²) in [7, 11) is 0.834. The molecule has 1 unspecified atom stereocenters. The van der Waals surface area contributed by atoms with Crippen LogP contribution < -0.4 is 10.0 Å². The zero-order chi connectivity index (χ0) is 13.1. The molecule has 1 aliphatic rings. The predicted octanol–water partition coefficient (Wildman–Crippen LogP) is -0.144. The quantitative estimate of drug-likeness (QED) is 0.700. The average Bonchev–Trinajstić information content (AvgIpc) is 2.66. The molecule has 0 aromatic carbocycles. The molecule has 0 aromatic rings. The van der Waals surface area contributed by atoms with Crippen LogP contribution in [0.15, 0.2) is 0 Å². The smallest absolute Gasteiger partial charge is 0.215 e. The van der Waals surface area contributed by atoms with E-state index in [1.807, 2.05) is 14.1 Å². The molecular formula is C11H25N3O2S. The second-order valence-electron chi connectivity index (χ2n) is 5.88. The molecule has 0 amide bonds. The Morgan fingerprint density at radius 1 is 1.41 bits per heavy atom. The van der Waals surface area contributed by atoms with E-state index in [9.17, 15) is 8.42 Å². The molecule has 1 aliphatic heterocycles. The molecule has 102 valence electrons. The molecule has 0 radical (unpaired) electrons. The second-order valence-corrected chi connectivity index (χ2v) is 7.93. The van der Waals surface area contributed by atoms with E-state index in [-0.39, 0.29) is 10.7 Å². The fourth-order valence-corrected chi connectivity index (χ4v) is 3.81. The first kappa shape index (κ1) is 14.9. The van der Waals surface area contributed by atoms with E-state index in [4.69, 9.17) is 0 Å².